The zero-order chi connectivity index (χ0) is 11.9. The van der Waals surface area contributed by atoms with Crippen molar-refractivity contribution in [3.8, 4) is 0 Å². The second-order valence-corrected chi connectivity index (χ2v) is 4.48. The Balaban J connectivity index is 2.39. The molecule has 0 unspecified atom stereocenters. The fraction of sp³-hybridized carbons (Fsp3) is 0.643. The summed E-state index contributed by atoms with van der Waals surface area (Å²) in [5.41, 5.74) is -1.03. The molecule has 0 radical (unpaired) electrons. The Labute approximate surface area is 98.1 Å². The first kappa shape index (κ1) is 13.2. The standard InChI is InChI=1S/C14H22O2/c1-2-3-4-5-7-10-13(15)14(16)11-8-6-9-12-14/h3-5,7,16H,2,6,8-12H2,1H3/b4-3-,7-5-. The molecule has 1 rings (SSSR count). The fourth-order valence-corrected chi connectivity index (χ4v) is 2.07. The van der Waals surface area contributed by atoms with E-state index in [1.165, 1.54) is 0 Å². The average molecular weight is 222 g/mol. The highest BCUT2D eigenvalue weighted by Crippen LogP contribution is 2.29. The summed E-state index contributed by atoms with van der Waals surface area (Å²) in [5.74, 6) is -0.0200. The maximum Gasteiger partial charge on any atom is 0.168 e. The number of Topliss-reactive ketones (excluding diaryl/α,β-unsaturated/α-hetero) is 1. The molecule has 0 spiro atoms. The van der Waals surface area contributed by atoms with Crippen molar-refractivity contribution in [3.05, 3.63) is 24.3 Å². The Hall–Kier alpha value is -0.890. The summed E-state index contributed by atoms with van der Waals surface area (Å²) in [6, 6.07) is 0. The van der Waals surface area contributed by atoms with Crippen molar-refractivity contribution in [1.29, 1.82) is 0 Å². The lowest BCUT2D eigenvalue weighted by atomic mass is 9.81. The highest BCUT2D eigenvalue weighted by atomic mass is 16.3. The van der Waals surface area contributed by atoms with Gasteiger partial charge >= 0.3 is 0 Å². The highest BCUT2D eigenvalue weighted by molar-refractivity contribution is 5.88. The minimum atomic E-state index is -1.03. The van der Waals surface area contributed by atoms with Crippen LogP contribution >= 0.6 is 0 Å². The van der Waals surface area contributed by atoms with Crippen molar-refractivity contribution in [2.45, 2.75) is 57.5 Å². The van der Waals surface area contributed by atoms with Gasteiger partial charge in [0.25, 0.3) is 0 Å². The summed E-state index contributed by atoms with van der Waals surface area (Å²) in [5, 5.41) is 10.1. The van der Waals surface area contributed by atoms with Crippen LogP contribution in [0, 0.1) is 0 Å². The monoisotopic (exact) mass is 222 g/mol. The van der Waals surface area contributed by atoms with E-state index >= 15 is 0 Å². The molecule has 90 valence electrons. The molecule has 2 nitrogen and oxygen atoms in total. The SMILES string of the molecule is CC/C=C\C=C/CC(=O)C1(O)CCCCC1. The van der Waals surface area contributed by atoms with Gasteiger partial charge in [0.05, 0.1) is 0 Å². The second kappa shape index (κ2) is 6.64. The van der Waals surface area contributed by atoms with Crippen LogP contribution in [0.1, 0.15) is 51.9 Å². The average Bonchev–Trinajstić information content (AvgIpc) is 2.29. The van der Waals surface area contributed by atoms with Crippen molar-refractivity contribution in [1.82, 2.24) is 0 Å². The highest BCUT2D eigenvalue weighted by Gasteiger charge is 2.35. The van der Waals surface area contributed by atoms with E-state index in [4.69, 9.17) is 0 Å². The minimum absolute atomic E-state index is 0.0200. The third kappa shape index (κ3) is 3.93. The van der Waals surface area contributed by atoms with Crippen LogP contribution in [0.15, 0.2) is 24.3 Å². The van der Waals surface area contributed by atoms with E-state index in [0.29, 0.717) is 19.3 Å². The van der Waals surface area contributed by atoms with Gasteiger partial charge < -0.3 is 5.11 Å². The molecule has 0 saturated heterocycles. The molecule has 0 atom stereocenters. The van der Waals surface area contributed by atoms with Crippen LogP contribution in [0.25, 0.3) is 0 Å². The second-order valence-electron chi connectivity index (χ2n) is 4.48. The van der Waals surface area contributed by atoms with Gasteiger partial charge in [-0.1, -0.05) is 50.5 Å². The van der Waals surface area contributed by atoms with Crippen molar-refractivity contribution >= 4 is 5.78 Å². The van der Waals surface area contributed by atoms with Gasteiger partial charge in [-0.15, -0.1) is 0 Å². The summed E-state index contributed by atoms with van der Waals surface area (Å²) < 4.78 is 0. The van der Waals surface area contributed by atoms with E-state index < -0.39 is 5.60 Å². The molecule has 0 aromatic rings. The van der Waals surface area contributed by atoms with Gasteiger partial charge in [-0.25, -0.2) is 0 Å². The lowest BCUT2D eigenvalue weighted by Gasteiger charge is -2.30. The van der Waals surface area contributed by atoms with Crippen LogP contribution < -0.4 is 0 Å². The quantitative estimate of drug-likeness (QED) is 0.725. The summed E-state index contributed by atoms with van der Waals surface area (Å²) in [6.45, 7) is 2.07. The number of carbonyl (C=O) groups is 1. The van der Waals surface area contributed by atoms with E-state index in [0.717, 1.165) is 25.7 Å². The first-order valence-corrected chi connectivity index (χ1v) is 6.26. The topological polar surface area (TPSA) is 37.3 Å². The Morgan fingerprint density at radius 3 is 2.44 bits per heavy atom. The summed E-state index contributed by atoms with van der Waals surface area (Å²) in [4.78, 5) is 11.8. The van der Waals surface area contributed by atoms with Crippen LogP contribution in [0.2, 0.25) is 0 Å². The zero-order valence-corrected chi connectivity index (χ0v) is 10.1. The van der Waals surface area contributed by atoms with Gasteiger partial charge in [0.2, 0.25) is 0 Å². The minimum Gasteiger partial charge on any atom is -0.382 e. The van der Waals surface area contributed by atoms with Crippen LogP contribution in [-0.4, -0.2) is 16.5 Å². The van der Waals surface area contributed by atoms with Crippen LogP contribution in [0.5, 0.6) is 0 Å². The van der Waals surface area contributed by atoms with Crippen molar-refractivity contribution in [2.75, 3.05) is 0 Å². The van der Waals surface area contributed by atoms with Gasteiger partial charge in [0.1, 0.15) is 5.60 Å². The fourth-order valence-electron chi connectivity index (χ4n) is 2.07. The molecule has 1 aliphatic rings. The first-order valence-electron chi connectivity index (χ1n) is 6.26. The summed E-state index contributed by atoms with van der Waals surface area (Å²) in [7, 11) is 0. The molecule has 16 heavy (non-hydrogen) atoms. The number of rotatable bonds is 5. The molecule has 1 aliphatic carbocycles. The molecular weight excluding hydrogens is 200 g/mol. The predicted octanol–water partition coefficient (Wildman–Crippen LogP) is 3.16. The van der Waals surface area contributed by atoms with Crippen molar-refractivity contribution < 1.29 is 9.90 Å². The van der Waals surface area contributed by atoms with E-state index in [1.54, 1.807) is 0 Å². The van der Waals surface area contributed by atoms with E-state index in [-0.39, 0.29) is 5.78 Å². The molecule has 0 aromatic carbocycles. The van der Waals surface area contributed by atoms with Gasteiger partial charge in [0.15, 0.2) is 5.78 Å². The Morgan fingerprint density at radius 2 is 1.81 bits per heavy atom. The molecule has 0 bridgehead atoms. The number of hydrogen-bond donors (Lipinski definition) is 1. The Kier molecular flexibility index (Phi) is 5.47. The summed E-state index contributed by atoms with van der Waals surface area (Å²) >= 11 is 0. The Morgan fingerprint density at radius 1 is 1.19 bits per heavy atom. The predicted molar refractivity (Wildman–Crippen MR) is 66.2 cm³/mol. The first-order chi connectivity index (χ1) is 7.69. The van der Waals surface area contributed by atoms with Gasteiger partial charge in [-0.05, 0) is 19.3 Å². The van der Waals surface area contributed by atoms with E-state index in [9.17, 15) is 9.90 Å². The number of ketones is 1. The lowest BCUT2D eigenvalue weighted by Crippen LogP contribution is -2.40. The van der Waals surface area contributed by atoms with Gasteiger partial charge in [-0.2, -0.15) is 0 Å². The third-order valence-electron chi connectivity index (χ3n) is 3.12. The molecule has 1 N–H and O–H groups in total. The molecular formula is C14H22O2. The number of allylic oxidation sites excluding steroid dienone is 4. The number of hydrogen-bond acceptors (Lipinski definition) is 2. The van der Waals surface area contributed by atoms with Gasteiger partial charge in [0, 0.05) is 6.42 Å². The van der Waals surface area contributed by atoms with Crippen LogP contribution in [-0.2, 0) is 4.79 Å². The largest absolute Gasteiger partial charge is 0.382 e. The molecule has 1 saturated carbocycles. The van der Waals surface area contributed by atoms with Crippen molar-refractivity contribution in [3.63, 3.8) is 0 Å². The lowest BCUT2D eigenvalue weighted by molar-refractivity contribution is -0.139. The van der Waals surface area contributed by atoms with Gasteiger partial charge in [-0.3, -0.25) is 4.79 Å². The molecule has 1 fully saturated rings. The van der Waals surface area contributed by atoms with E-state index in [1.807, 2.05) is 24.3 Å². The maximum atomic E-state index is 11.8. The maximum absolute atomic E-state index is 11.8. The smallest absolute Gasteiger partial charge is 0.168 e. The third-order valence-corrected chi connectivity index (χ3v) is 3.12. The van der Waals surface area contributed by atoms with Crippen molar-refractivity contribution in [2.24, 2.45) is 0 Å². The molecule has 0 aliphatic heterocycles. The normalized spacial score (nSPS) is 20.6. The van der Waals surface area contributed by atoms with Crippen LogP contribution in [0.3, 0.4) is 0 Å². The summed E-state index contributed by atoms with van der Waals surface area (Å²) in [6.07, 6.45) is 13.4. The molecule has 0 aromatic heterocycles. The zero-order valence-electron chi connectivity index (χ0n) is 10.1. The number of carbonyl (C=O) groups excluding carboxylic acids is 1. The number of aliphatic hydroxyl groups is 1. The molecule has 2 heteroatoms. The van der Waals surface area contributed by atoms with E-state index in [2.05, 4.69) is 6.92 Å². The van der Waals surface area contributed by atoms with Crippen LogP contribution in [0.4, 0.5) is 0 Å². The molecule has 0 heterocycles. The molecule has 0 amide bonds. The Bertz CT molecular complexity index is 270.